The van der Waals surface area contributed by atoms with E-state index < -0.39 is 23.9 Å². The summed E-state index contributed by atoms with van der Waals surface area (Å²) < 4.78 is 5.11. The lowest BCUT2D eigenvalue weighted by Crippen LogP contribution is -2.43. The lowest BCUT2D eigenvalue weighted by Gasteiger charge is -2.20. The molecule has 2 aliphatic rings. The maximum absolute atomic E-state index is 13.0. The van der Waals surface area contributed by atoms with Crippen LogP contribution < -0.4 is 15.0 Å². The average Bonchev–Trinajstić information content (AvgIpc) is 3.24. The Morgan fingerprint density at radius 2 is 1.80 bits per heavy atom. The topological polar surface area (TPSA) is 104 Å². The zero-order valence-corrected chi connectivity index (χ0v) is 16.8. The molecule has 0 spiro atoms. The van der Waals surface area contributed by atoms with Crippen molar-refractivity contribution in [2.45, 2.75) is 25.9 Å². The molecule has 2 unspecified atom stereocenters. The zero-order valence-electron chi connectivity index (χ0n) is 16.8. The van der Waals surface area contributed by atoms with Gasteiger partial charge in [0.2, 0.25) is 5.91 Å². The van der Waals surface area contributed by atoms with Gasteiger partial charge in [0.25, 0.3) is 11.8 Å². The molecule has 2 aliphatic heterocycles. The minimum absolute atomic E-state index is 0.187. The second-order valence-electron chi connectivity index (χ2n) is 7.25. The second-order valence-corrected chi connectivity index (χ2v) is 7.25. The van der Waals surface area contributed by atoms with E-state index in [1.807, 2.05) is 32.0 Å². The van der Waals surface area contributed by atoms with Gasteiger partial charge in [0.1, 0.15) is 12.3 Å². The number of nitrogens with zero attached hydrogens (tertiary/aromatic N) is 4. The number of aryl methyl sites for hydroxylation is 2. The van der Waals surface area contributed by atoms with Crippen molar-refractivity contribution in [2.75, 3.05) is 23.9 Å². The predicted octanol–water partition coefficient (Wildman–Crippen LogP) is 2.24. The maximum atomic E-state index is 13.0. The maximum Gasteiger partial charge on any atom is 0.263 e. The van der Waals surface area contributed by atoms with E-state index in [9.17, 15) is 14.4 Å². The van der Waals surface area contributed by atoms with Crippen LogP contribution in [0.1, 0.15) is 11.1 Å². The Morgan fingerprint density at radius 1 is 1.07 bits per heavy atom. The van der Waals surface area contributed by atoms with Crippen LogP contribution in [0.5, 0.6) is 5.75 Å². The Hall–Kier alpha value is -3.75. The Labute approximate surface area is 173 Å². The van der Waals surface area contributed by atoms with Crippen LogP contribution in [0.25, 0.3) is 0 Å². The summed E-state index contributed by atoms with van der Waals surface area (Å²) in [5.41, 5.74) is 3.26. The van der Waals surface area contributed by atoms with Crippen LogP contribution in [0.4, 0.5) is 11.4 Å². The first-order valence-corrected chi connectivity index (χ1v) is 9.45. The van der Waals surface area contributed by atoms with Crippen molar-refractivity contribution >= 4 is 29.1 Å². The molecule has 0 aromatic heterocycles. The SMILES string of the molecule is COc1ccc(N2C(=O)C3N=NN(CC(=O)Nc4ccc(C)c(C)c4)C3C2=O)cc1. The molecule has 3 amide bonds. The van der Waals surface area contributed by atoms with Gasteiger partial charge in [-0.05, 0) is 61.4 Å². The van der Waals surface area contributed by atoms with Crippen molar-refractivity contribution in [1.82, 2.24) is 5.01 Å². The quantitative estimate of drug-likeness (QED) is 0.766. The lowest BCUT2D eigenvalue weighted by atomic mass is 10.1. The summed E-state index contributed by atoms with van der Waals surface area (Å²) in [6.07, 6.45) is 0. The highest BCUT2D eigenvalue weighted by atomic mass is 16.5. The predicted molar refractivity (Wildman–Crippen MR) is 109 cm³/mol. The Balaban J connectivity index is 1.47. The number of rotatable bonds is 5. The van der Waals surface area contributed by atoms with Crippen molar-refractivity contribution in [2.24, 2.45) is 10.3 Å². The summed E-state index contributed by atoms with van der Waals surface area (Å²) in [7, 11) is 1.53. The molecular formula is C21H21N5O4. The first-order chi connectivity index (χ1) is 14.4. The summed E-state index contributed by atoms with van der Waals surface area (Å²) in [5, 5.41) is 11.9. The number of methoxy groups -OCH3 is 1. The number of amides is 3. The van der Waals surface area contributed by atoms with Gasteiger partial charge in [-0.1, -0.05) is 11.3 Å². The van der Waals surface area contributed by atoms with Gasteiger partial charge in [-0.3, -0.25) is 19.4 Å². The fourth-order valence-corrected chi connectivity index (χ4v) is 3.51. The standard InChI is InChI=1S/C21H21N5O4/c1-12-4-5-14(10-13(12)2)22-17(27)11-25-19-18(23-24-25)20(28)26(21(19)29)15-6-8-16(30-3)9-7-15/h4-10,18-19H,11H2,1-3H3,(H,22,27). The van der Waals surface area contributed by atoms with E-state index in [0.29, 0.717) is 17.1 Å². The van der Waals surface area contributed by atoms with E-state index in [-0.39, 0.29) is 12.5 Å². The van der Waals surface area contributed by atoms with Gasteiger partial charge in [-0.2, -0.15) is 5.11 Å². The lowest BCUT2D eigenvalue weighted by molar-refractivity contribution is -0.123. The highest BCUT2D eigenvalue weighted by molar-refractivity contribution is 6.25. The van der Waals surface area contributed by atoms with Crippen molar-refractivity contribution < 1.29 is 19.1 Å². The molecule has 9 heteroatoms. The molecule has 1 saturated heterocycles. The third-order valence-electron chi connectivity index (χ3n) is 5.28. The summed E-state index contributed by atoms with van der Waals surface area (Å²) in [6, 6.07) is 10.3. The van der Waals surface area contributed by atoms with Gasteiger partial charge in [-0.15, -0.1) is 0 Å². The number of hydrogen-bond donors (Lipinski definition) is 1. The highest BCUT2D eigenvalue weighted by Crippen LogP contribution is 2.32. The number of hydrogen-bond acceptors (Lipinski definition) is 7. The van der Waals surface area contributed by atoms with Crippen LogP contribution >= 0.6 is 0 Å². The molecule has 4 rings (SSSR count). The number of ether oxygens (including phenoxy) is 1. The van der Waals surface area contributed by atoms with Crippen molar-refractivity contribution in [1.29, 1.82) is 0 Å². The first kappa shape index (κ1) is 19.6. The number of anilines is 2. The number of carbonyl (C=O) groups is 3. The smallest absolute Gasteiger partial charge is 0.263 e. The average molecular weight is 407 g/mol. The van der Waals surface area contributed by atoms with E-state index in [0.717, 1.165) is 16.0 Å². The molecule has 0 radical (unpaired) electrons. The molecule has 2 aromatic rings. The minimum Gasteiger partial charge on any atom is -0.497 e. The van der Waals surface area contributed by atoms with Gasteiger partial charge in [0.15, 0.2) is 12.1 Å². The molecular weight excluding hydrogens is 386 g/mol. The second kappa shape index (κ2) is 7.58. The molecule has 30 heavy (non-hydrogen) atoms. The highest BCUT2D eigenvalue weighted by Gasteiger charge is 2.55. The molecule has 2 heterocycles. The molecule has 1 N–H and O–H groups in total. The summed E-state index contributed by atoms with van der Waals surface area (Å²) in [5.74, 6) is -0.654. The molecule has 1 fully saturated rings. The van der Waals surface area contributed by atoms with Crippen molar-refractivity contribution in [3.63, 3.8) is 0 Å². The van der Waals surface area contributed by atoms with E-state index in [1.165, 1.54) is 12.1 Å². The van der Waals surface area contributed by atoms with Crippen LogP contribution in [0.3, 0.4) is 0 Å². The largest absolute Gasteiger partial charge is 0.497 e. The van der Waals surface area contributed by atoms with Crippen molar-refractivity contribution in [3.05, 3.63) is 53.6 Å². The minimum atomic E-state index is -0.950. The molecule has 0 aliphatic carbocycles. The fourth-order valence-electron chi connectivity index (χ4n) is 3.51. The third kappa shape index (κ3) is 3.38. The van der Waals surface area contributed by atoms with E-state index in [1.54, 1.807) is 24.3 Å². The van der Waals surface area contributed by atoms with Gasteiger partial charge in [0, 0.05) is 5.69 Å². The Morgan fingerprint density at radius 3 is 2.47 bits per heavy atom. The van der Waals surface area contributed by atoms with Crippen LogP contribution in [-0.4, -0.2) is 48.5 Å². The number of benzene rings is 2. The summed E-state index contributed by atoms with van der Waals surface area (Å²) >= 11 is 0. The van der Waals surface area contributed by atoms with Crippen LogP contribution in [0.15, 0.2) is 52.8 Å². The van der Waals surface area contributed by atoms with Crippen molar-refractivity contribution in [3.8, 4) is 5.75 Å². The van der Waals surface area contributed by atoms with E-state index in [2.05, 4.69) is 15.7 Å². The van der Waals surface area contributed by atoms with Gasteiger partial charge in [-0.25, -0.2) is 4.90 Å². The first-order valence-electron chi connectivity index (χ1n) is 9.45. The molecule has 9 nitrogen and oxygen atoms in total. The fraction of sp³-hybridized carbons (Fsp3) is 0.286. The summed E-state index contributed by atoms with van der Waals surface area (Å²) in [6.45, 7) is 3.76. The van der Waals surface area contributed by atoms with E-state index >= 15 is 0 Å². The Bertz CT molecular complexity index is 1050. The van der Waals surface area contributed by atoms with Crippen LogP contribution in [0.2, 0.25) is 0 Å². The number of carbonyl (C=O) groups excluding carboxylic acids is 3. The number of nitrogens with one attached hydrogen (secondary N) is 1. The number of fused-ring (bicyclic) bond motifs is 1. The van der Waals surface area contributed by atoms with Gasteiger partial charge in [0.05, 0.1) is 12.8 Å². The molecule has 154 valence electrons. The molecule has 2 aromatic carbocycles. The van der Waals surface area contributed by atoms with Gasteiger partial charge >= 0.3 is 0 Å². The molecule has 0 bridgehead atoms. The van der Waals surface area contributed by atoms with Gasteiger partial charge < -0.3 is 10.1 Å². The van der Waals surface area contributed by atoms with E-state index in [4.69, 9.17) is 4.74 Å². The monoisotopic (exact) mass is 407 g/mol. The molecule has 0 saturated carbocycles. The summed E-state index contributed by atoms with van der Waals surface area (Å²) in [4.78, 5) is 39.3. The third-order valence-corrected chi connectivity index (χ3v) is 5.28. The number of imide groups is 1. The molecule has 2 atom stereocenters. The van der Waals surface area contributed by atoms with Crippen LogP contribution in [0, 0.1) is 13.8 Å². The van der Waals surface area contributed by atoms with Crippen LogP contribution in [-0.2, 0) is 14.4 Å². The zero-order chi connectivity index (χ0) is 21.4. The Kier molecular flexibility index (Phi) is 4.94. The normalized spacial score (nSPS) is 20.0.